The minimum absolute atomic E-state index is 0.193. The highest BCUT2D eigenvalue weighted by atomic mass is 16.5. The van der Waals surface area contributed by atoms with E-state index in [9.17, 15) is 9.90 Å². The van der Waals surface area contributed by atoms with Gasteiger partial charge in [-0.3, -0.25) is 0 Å². The lowest BCUT2D eigenvalue weighted by Crippen LogP contribution is -2.48. The van der Waals surface area contributed by atoms with E-state index in [-0.39, 0.29) is 12.1 Å². The first-order chi connectivity index (χ1) is 19.5. The number of unbranched alkanes of at least 4 members (excludes halogenated alkanes) is 2. The third kappa shape index (κ3) is 5.40. The van der Waals surface area contributed by atoms with Gasteiger partial charge in [0.1, 0.15) is 5.75 Å². The smallest absolute Gasteiger partial charge is 0.337 e. The summed E-state index contributed by atoms with van der Waals surface area (Å²) in [7, 11) is 1.41. The quantitative estimate of drug-likeness (QED) is 0.196. The van der Waals surface area contributed by atoms with E-state index in [0.29, 0.717) is 17.6 Å². The Hall–Kier alpha value is -2.85. The minimum Gasteiger partial charge on any atom is -0.492 e. The third-order valence-corrected chi connectivity index (χ3v) is 10.1. The minimum atomic E-state index is -0.324. The zero-order valence-electron chi connectivity index (χ0n) is 24.2. The molecule has 0 radical (unpaired) electrons. The van der Waals surface area contributed by atoms with Gasteiger partial charge in [0.05, 0.1) is 25.4 Å². The van der Waals surface area contributed by atoms with E-state index in [1.807, 2.05) is 31.2 Å². The lowest BCUT2D eigenvalue weighted by atomic mass is 9.48. The van der Waals surface area contributed by atoms with Crippen molar-refractivity contribution in [1.82, 2.24) is 0 Å². The Kier molecular flexibility index (Phi) is 7.90. The van der Waals surface area contributed by atoms with Gasteiger partial charge in [0, 0.05) is 10.9 Å². The predicted octanol–water partition coefficient (Wildman–Crippen LogP) is 8.47. The van der Waals surface area contributed by atoms with Crippen molar-refractivity contribution in [2.75, 3.05) is 13.7 Å². The molecule has 0 saturated heterocycles. The zero-order chi connectivity index (χ0) is 27.7. The highest BCUT2D eigenvalue weighted by molar-refractivity contribution is 5.96. The van der Waals surface area contributed by atoms with Gasteiger partial charge < -0.3 is 14.6 Å². The Bertz CT molecular complexity index is 1310. The van der Waals surface area contributed by atoms with Crippen LogP contribution < -0.4 is 4.74 Å². The van der Waals surface area contributed by atoms with Crippen LogP contribution in [-0.4, -0.2) is 30.9 Å². The molecule has 1 unspecified atom stereocenters. The van der Waals surface area contributed by atoms with Gasteiger partial charge in [-0.2, -0.15) is 0 Å². The monoisotopic (exact) mass is 540 g/mol. The van der Waals surface area contributed by atoms with Crippen LogP contribution >= 0.6 is 0 Å². The van der Waals surface area contributed by atoms with Crippen LogP contribution in [0.15, 0.2) is 54.6 Å². The largest absolute Gasteiger partial charge is 0.492 e. The molecule has 3 aromatic carbocycles. The fraction of sp³-hybridized carbons (Fsp3) is 0.528. The maximum atomic E-state index is 12.0. The first-order valence-electron chi connectivity index (χ1n) is 15.5. The Morgan fingerprint density at radius 3 is 2.25 bits per heavy atom. The highest BCUT2D eigenvalue weighted by Crippen LogP contribution is 2.61. The van der Waals surface area contributed by atoms with Gasteiger partial charge in [0.25, 0.3) is 0 Å². The highest BCUT2D eigenvalue weighted by Gasteiger charge is 2.51. The predicted molar refractivity (Wildman–Crippen MR) is 161 cm³/mol. The summed E-state index contributed by atoms with van der Waals surface area (Å²) in [6.07, 6.45) is 12.9. The molecule has 0 aliphatic heterocycles. The number of hydrogen-bond donors (Lipinski definition) is 1. The van der Waals surface area contributed by atoms with Crippen molar-refractivity contribution in [1.29, 1.82) is 0 Å². The van der Waals surface area contributed by atoms with E-state index < -0.39 is 0 Å². The molecular weight excluding hydrogens is 496 g/mol. The third-order valence-electron chi connectivity index (χ3n) is 10.1. The normalized spacial score (nSPS) is 25.7. The van der Waals surface area contributed by atoms with Crippen LogP contribution in [0.1, 0.15) is 93.5 Å². The van der Waals surface area contributed by atoms with Crippen molar-refractivity contribution in [2.45, 2.75) is 89.1 Å². The van der Waals surface area contributed by atoms with Crippen LogP contribution in [0.4, 0.5) is 0 Å². The number of rotatable bonds is 11. The number of carbonyl (C=O) groups excluding carboxylic acids is 1. The van der Waals surface area contributed by atoms with Crippen LogP contribution in [0.5, 0.6) is 5.75 Å². The second-order valence-corrected chi connectivity index (χ2v) is 12.9. The summed E-state index contributed by atoms with van der Waals surface area (Å²) in [6, 6.07) is 19.2. The van der Waals surface area contributed by atoms with E-state index in [4.69, 9.17) is 9.47 Å². The summed E-state index contributed by atoms with van der Waals surface area (Å²) >= 11 is 0. The molecule has 4 fully saturated rings. The molecule has 3 aromatic rings. The number of aliphatic hydroxyl groups excluding tert-OH is 1. The molecule has 4 heteroatoms. The second-order valence-electron chi connectivity index (χ2n) is 12.9. The van der Waals surface area contributed by atoms with Crippen LogP contribution in [0.3, 0.4) is 0 Å². The standard InChI is InChI=1S/C36H44O4/c1-3-31(37)7-5-4-6-16-40-34-32(27-8-10-29(11-9-27)35(38)39-2)15-13-28-12-14-30(20-33(28)34)36-21-24-17-25(22-36)19-26(18-24)23-36/h8-15,20,24-26,31,37H,3-7,16-19,21-23H2,1-2H3. The molecule has 4 saturated carbocycles. The summed E-state index contributed by atoms with van der Waals surface area (Å²) in [5.74, 6) is 3.34. The molecule has 0 heterocycles. The second kappa shape index (κ2) is 11.6. The van der Waals surface area contributed by atoms with Crippen LogP contribution in [0.25, 0.3) is 21.9 Å². The number of esters is 1. The summed E-state index contributed by atoms with van der Waals surface area (Å²) in [5.41, 5.74) is 4.49. The molecule has 4 aliphatic carbocycles. The number of fused-ring (bicyclic) bond motifs is 1. The lowest BCUT2D eigenvalue weighted by molar-refractivity contribution is -0.00513. The number of hydrogen-bond acceptors (Lipinski definition) is 4. The molecule has 0 aromatic heterocycles. The maximum Gasteiger partial charge on any atom is 0.337 e. The van der Waals surface area contributed by atoms with E-state index in [0.717, 1.165) is 66.7 Å². The first-order valence-corrected chi connectivity index (χ1v) is 15.5. The molecule has 212 valence electrons. The molecule has 40 heavy (non-hydrogen) atoms. The average Bonchev–Trinajstić information content (AvgIpc) is 2.97. The number of aliphatic hydroxyl groups is 1. The van der Waals surface area contributed by atoms with Gasteiger partial charge in [-0.05, 0) is 122 Å². The van der Waals surface area contributed by atoms with Crippen molar-refractivity contribution in [3.63, 3.8) is 0 Å². The lowest BCUT2D eigenvalue weighted by Gasteiger charge is -2.57. The fourth-order valence-corrected chi connectivity index (χ4v) is 8.41. The van der Waals surface area contributed by atoms with Crippen molar-refractivity contribution in [3.8, 4) is 16.9 Å². The van der Waals surface area contributed by atoms with Gasteiger partial charge in [-0.1, -0.05) is 49.7 Å². The summed E-state index contributed by atoms with van der Waals surface area (Å²) < 4.78 is 11.6. The first kappa shape index (κ1) is 27.3. The summed E-state index contributed by atoms with van der Waals surface area (Å²) in [6.45, 7) is 2.68. The molecule has 7 rings (SSSR count). The van der Waals surface area contributed by atoms with Crippen molar-refractivity contribution in [2.24, 2.45) is 17.8 Å². The number of benzene rings is 3. The van der Waals surface area contributed by atoms with E-state index >= 15 is 0 Å². The molecule has 0 amide bonds. The van der Waals surface area contributed by atoms with Gasteiger partial charge in [-0.25, -0.2) is 4.79 Å². The van der Waals surface area contributed by atoms with Crippen molar-refractivity contribution < 1.29 is 19.4 Å². The topological polar surface area (TPSA) is 55.8 Å². The van der Waals surface area contributed by atoms with Crippen LogP contribution in [0, 0.1) is 17.8 Å². The van der Waals surface area contributed by atoms with E-state index in [1.165, 1.54) is 62.0 Å². The van der Waals surface area contributed by atoms with Crippen LogP contribution in [-0.2, 0) is 10.2 Å². The Labute approximate surface area is 239 Å². The van der Waals surface area contributed by atoms with Gasteiger partial charge in [0.15, 0.2) is 0 Å². The maximum absolute atomic E-state index is 12.0. The van der Waals surface area contributed by atoms with Gasteiger partial charge >= 0.3 is 5.97 Å². The Balaban J connectivity index is 1.33. The molecular formula is C36H44O4. The van der Waals surface area contributed by atoms with Crippen molar-refractivity contribution in [3.05, 3.63) is 65.7 Å². The molecule has 1 atom stereocenters. The molecule has 1 N–H and O–H groups in total. The summed E-state index contributed by atoms with van der Waals surface area (Å²) in [4.78, 5) is 12.0. The Morgan fingerprint density at radius 1 is 0.925 bits per heavy atom. The zero-order valence-corrected chi connectivity index (χ0v) is 24.2. The Morgan fingerprint density at radius 2 is 1.60 bits per heavy atom. The van der Waals surface area contributed by atoms with E-state index in [1.54, 1.807) is 0 Å². The number of ether oxygens (including phenoxy) is 2. The van der Waals surface area contributed by atoms with Crippen LogP contribution in [0.2, 0.25) is 0 Å². The van der Waals surface area contributed by atoms with Gasteiger partial charge in [-0.15, -0.1) is 0 Å². The number of methoxy groups -OCH3 is 1. The average molecular weight is 541 g/mol. The van der Waals surface area contributed by atoms with Crippen molar-refractivity contribution >= 4 is 16.7 Å². The SMILES string of the molecule is CCC(O)CCCCCOc1c(-c2ccc(C(=O)OC)cc2)ccc2ccc(C34CC5CC(CC(C5)C3)C4)cc12. The molecule has 4 aliphatic rings. The summed E-state index contributed by atoms with van der Waals surface area (Å²) in [5, 5.41) is 12.3. The van der Waals surface area contributed by atoms with E-state index in [2.05, 4.69) is 30.3 Å². The molecule has 4 nitrogen and oxygen atoms in total. The molecule has 0 spiro atoms. The number of carbonyl (C=O) groups is 1. The fourth-order valence-electron chi connectivity index (χ4n) is 8.41. The molecule has 4 bridgehead atoms. The van der Waals surface area contributed by atoms with Gasteiger partial charge in [0.2, 0.25) is 0 Å².